The van der Waals surface area contributed by atoms with Gasteiger partial charge in [-0.3, -0.25) is 9.48 Å². The summed E-state index contributed by atoms with van der Waals surface area (Å²) in [5, 5.41) is 27.3. The molecule has 0 amide bonds. The Kier molecular flexibility index (Phi) is 5.44. The topological polar surface area (TPSA) is 144 Å². The van der Waals surface area contributed by atoms with Gasteiger partial charge in [0.05, 0.1) is 35.6 Å². The number of nitriles is 1. The molecule has 11 heteroatoms. The van der Waals surface area contributed by atoms with Gasteiger partial charge in [-0.05, 0) is 49.4 Å². The third-order valence-electron chi connectivity index (χ3n) is 6.34. The number of H-pyrrole nitrogens is 1. The van der Waals surface area contributed by atoms with Crippen LogP contribution in [0.15, 0.2) is 40.2 Å². The van der Waals surface area contributed by atoms with Crippen molar-refractivity contribution in [3.63, 3.8) is 0 Å². The fraction of sp³-hybridized carbons (Fsp3) is 0.409. The molecule has 5 rings (SSSR count). The number of aromatic amines is 1. The highest BCUT2D eigenvalue weighted by Crippen LogP contribution is 2.43. The zero-order valence-corrected chi connectivity index (χ0v) is 18.7. The minimum absolute atomic E-state index is 0.191. The minimum Gasteiger partial charge on any atom is -0.392 e. The van der Waals surface area contributed by atoms with Crippen LogP contribution in [0.4, 0.5) is 11.5 Å². The quantitative estimate of drug-likeness (QED) is 0.460. The maximum atomic E-state index is 12.8. The number of aromatic nitrogens is 3. The number of benzene rings is 1. The van der Waals surface area contributed by atoms with E-state index in [1.807, 2.05) is 0 Å². The van der Waals surface area contributed by atoms with Gasteiger partial charge in [-0.2, -0.15) is 14.7 Å². The Hall–Kier alpha value is -3.20. The van der Waals surface area contributed by atoms with Gasteiger partial charge in [0.15, 0.2) is 5.82 Å². The molecule has 2 aliphatic rings. The number of aliphatic hydroxyl groups excluding tert-OH is 1. The number of hydrogen-bond acceptors (Lipinski definition) is 7. The zero-order valence-electron chi connectivity index (χ0n) is 17.9. The van der Waals surface area contributed by atoms with Gasteiger partial charge in [0.1, 0.15) is 5.39 Å². The van der Waals surface area contributed by atoms with Gasteiger partial charge in [-0.1, -0.05) is 0 Å². The van der Waals surface area contributed by atoms with Crippen molar-refractivity contribution in [2.75, 3.05) is 18.4 Å². The van der Waals surface area contributed by atoms with Crippen LogP contribution in [-0.4, -0.2) is 45.7 Å². The Morgan fingerprint density at radius 3 is 2.58 bits per heavy atom. The van der Waals surface area contributed by atoms with E-state index in [0.717, 1.165) is 19.3 Å². The Balaban J connectivity index is 1.55. The van der Waals surface area contributed by atoms with Gasteiger partial charge in [0.2, 0.25) is 10.0 Å². The molecule has 1 unspecified atom stereocenters. The maximum Gasteiger partial charge on any atom is 0.261 e. The normalized spacial score (nSPS) is 17.5. The number of fused-ring (bicyclic) bond motifs is 1. The average Bonchev–Trinajstić information content (AvgIpc) is 3.53. The Bertz CT molecular complexity index is 1400. The number of rotatable bonds is 8. The molecule has 3 aromatic rings. The largest absolute Gasteiger partial charge is 0.392 e. The van der Waals surface area contributed by atoms with E-state index in [2.05, 4.69) is 21.5 Å². The molecule has 1 saturated heterocycles. The number of hydrogen-bond donors (Lipinski definition) is 3. The molecular formula is C22H24N6O4S. The molecule has 172 valence electrons. The number of anilines is 2. The average molecular weight is 469 g/mol. The van der Waals surface area contributed by atoms with Gasteiger partial charge < -0.3 is 15.4 Å². The molecule has 2 aromatic heterocycles. The molecule has 3 heterocycles. The van der Waals surface area contributed by atoms with E-state index in [9.17, 15) is 23.6 Å². The van der Waals surface area contributed by atoms with E-state index >= 15 is 0 Å². The minimum atomic E-state index is -3.49. The van der Waals surface area contributed by atoms with E-state index in [1.165, 1.54) is 22.6 Å². The summed E-state index contributed by atoms with van der Waals surface area (Å²) in [4.78, 5) is 15.6. The molecule has 0 spiro atoms. The summed E-state index contributed by atoms with van der Waals surface area (Å²) in [6, 6.07) is 8.35. The lowest BCUT2D eigenvalue weighted by Crippen LogP contribution is -2.41. The second kappa shape index (κ2) is 8.30. The number of aliphatic hydroxyl groups is 1. The number of nitrogens with one attached hydrogen (secondary N) is 2. The number of nitrogens with zero attached hydrogens (tertiary/aromatic N) is 4. The summed E-state index contributed by atoms with van der Waals surface area (Å²) in [6.45, 7) is 0.782. The Morgan fingerprint density at radius 1 is 1.27 bits per heavy atom. The lowest BCUT2D eigenvalue weighted by Gasteiger charge is -2.29. The molecule has 1 aliphatic heterocycles. The van der Waals surface area contributed by atoms with Gasteiger partial charge in [-0.15, -0.1) is 0 Å². The predicted molar refractivity (Wildman–Crippen MR) is 121 cm³/mol. The molecule has 0 bridgehead atoms. The van der Waals surface area contributed by atoms with Crippen molar-refractivity contribution < 1.29 is 13.5 Å². The fourth-order valence-corrected chi connectivity index (χ4v) is 5.77. The summed E-state index contributed by atoms with van der Waals surface area (Å²) in [6.07, 6.45) is 4.56. The van der Waals surface area contributed by atoms with Gasteiger partial charge >= 0.3 is 0 Å². The molecule has 10 nitrogen and oxygen atoms in total. The van der Waals surface area contributed by atoms with E-state index in [0.29, 0.717) is 47.0 Å². The second-order valence-corrected chi connectivity index (χ2v) is 10.4. The standard InChI is InChI=1S/C22H24N6O4S/c23-9-8-18(14-2-3-14)28-20-15(13-29)12-24-22(30)19(20)21(26-28)25-16-4-6-17(7-5-16)33(31,32)27-10-1-11-27/h4-7,12,14,18,29H,1-3,8,10-11,13H2,(H,24,30)(H,25,26). The van der Waals surface area contributed by atoms with Crippen LogP contribution in [0.2, 0.25) is 0 Å². The smallest absolute Gasteiger partial charge is 0.261 e. The Labute approximate surface area is 190 Å². The SMILES string of the molecule is N#CCC(C1CC1)n1nc(Nc2ccc(S(=O)(=O)N3CCC3)cc2)c2c(=O)[nH]cc(CO)c21. The van der Waals surface area contributed by atoms with Crippen LogP contribution in [0.1, 0.15) is 37.3 Å². The fourth-order valence-electron chi connectivity index (χ4n) is 4.25. The van der Waals surface area contributed by atoms with Crippen LogP contribution < -0.4 is 10.9 Å². The van der Waals surface area contributed by atoms with Crippen molar-refractivity contribution in [1.29, 1.82) is 5.26 Å². The first-order chi connectivity index (χ1) is 15.9. The molecule has 3 N–H and O–H groups in total. The summed E-state index contributed by atoms with van der Waals surface area (Å²) in [7, 11) is -3.49. The summed E-state index contributed by atoms with van der Waals surface area (Å²) >= 11 is 0. The van der Waals surface area contributed by atoms with Crippen molar-refractivity contribution in [3.05, 3.63) is 46.4 Å². The van der Waals surface area contributed by atoms with Crippen LogP contribution in [-0.2, 0) is 16.6 Å². The zero-order chi connectivity index (χ0) is 23.2. The number of pyridine rings is 1. The molecule has 1 aromatic carbocycles. The first kappa shape index (κ1) is 21.6. The molecule has 2 fully saturated rings. The molecule has 33 heavy (non-hydrogen) atoms. The first-order valence-electron chi connectivity index (χ1n) is 10.9. The third-order valence-corrected chi connectivity index (χ3v) is 8.25. The highest BCUT2D eigenvalue weighted by Gasteiger charge is 2.35. The summed E-state index contributed by atoms with van der Waals surface area (Å²) < 4.78 is 28.3. The molecular weight excluding hydrogens is 444 g/mol. The second-order valence-electron chi connectivity index (χ2n) is 8.49. The third kappa shape index (κ3) is 3.80. The van der Waals surface area contributed by atoms with Crippen molar-refractivity contribution in [3.8, 4) is 6.07 Å². The Morgan fingerprint density at radius 2 is 2.00 bits per heavy atom. The van der Waals surface area contributed by atoms with Crippen molar-refractivity contribution in [1.82, 2.24) is 19.1 Å². The highest BCUT2D eigenvalue weighted by molar-refractivity contribution is 7.89. The van der Waals surface area contributed by atoms with Crippen molar-refractivity contribution >= 4 is 32.4 Å². The molecule has 0 radical (unpaired) electrons. The van der Waals surface area contributed by atoms with Crippen LogP contribution in [0.5, 0.6) is 0 Å². The van der Waals surface area contributed by atoms with E-state index in [1.54, 1.807) is 16.8 Å². The van der Waals surface area contributed by atoms with E-state index in [-0.39, 0.29) is 29.5 Å². The number of sulfonamides is 1. The van der Waals surface area contributed by atoms with E-state index in [4.69, 9.17) is 0 Å². The van der Waals surface area contributed by atoms with Gasteiger partial charge in [-0.25, -0.2) is 8.42 Å². The predicted octanol–water partition coefficient (Wildman–Crippen LogP) is 2.22. The monoisotopic (exact) mass is 468 g/mol. The van der Waals surface area contributed by atoms with Crippen LogP contribution in [0.25, 0.3) is 10.9 Å². The van der Waals surface area contributed by atoms with Gasteiger partial charge in [0.25, 0.3) is 5.56 Å². The summed E-state index contributed by atoms with van der Waals surface area (Å²) in [5.74, 6) is 0.598. The van der Waals surface area contributed by atoms with E-state index < -0.39 is 10.0 Å². The lowest BCUT2D eigenvalue weighted by molar-refractivity contribution is 0.281. The van der Waals surface area contributed by atoms with Crippen LogP contribution in [0.3, 0.4) is 0 Å². The lowest BCUT2D eigenvalue weighted by atomic mass is 10.1. The molecule has 1 aliphatic carbocycles. The summed E-state index contributed by atoms with van der Waals surface area (Å²) in [5.41, 5.74) is 1.23. The molecule has 1 atom stereocenters. The van der Waals surface area contributed by atoms with Gasteiger partial charge in [0, 0.05) is 30.5 Å². The molecule has 1 saturated carbocycles. The van der Waals surface area contributed by atoms with Crippen LogP contribution >= 0.6 is 0 Å². The van der Waals surface area contributed by atoms with Crippen LogP contribution in [0, 0.1) is 17.2 Å². The maximum absolute atomic E-state index is 12.8. The first-order valence-corrected chi connectivity index (χ1v) is 12.4. The van der Waals surface area contributed by atoms with Crippen molar-refractivity contribution in [2.45, 2.75) is 43.2 Å². The highest BCUT2D eigenvalue weighted by atomic mass is 32.2. The van der Waals surface area contributed by atoms with Crippen molar-refractivity contribution in [2.24, 2.45) is 5.92 Å².